The number of carboxylic acid groups (broad SMARTS) is 1. The van der Waals surface area contributed by atoms with Gasteiger partial charge in [0.15, 0.2) is 0 Å². The van der Waals surface area contributed by atoms with Crippen LogP contribution < -0.4 is 0 Å². The van der Waals surface area contributed by atoms with Gasteiger partial charge in [0.2, 0.25) is 0 Å². The van der Waals surface area contributed by atoms with Gasteiger partial charge in [0.05, 0.1) is 6.54 Å². The van der Waals surface area contributed by atoms with Crippen molar-refractivity contribution in [2.45, 2.75) is 38.2 Å². The fraction of sp³-hybridized carbons (Fsp3) is 0.412. The Kier molecular flexibility index (Phi) is 4.66. The standard InChI is InChI=1S/C17H17F3N2O4/c1-9(26-8-17(18,19)20)15(23)22-7-13-11(6-14(22)16(24)25)10-4-2-3-5-12(10)21-13/h2-5,9,14,21H,6-8H2,1H3,(H,24,25). The Balaban J connectivity index is 1.86. The fourth-order valence-corrected chi connectivity index (χ4v) is 3.18. The van der Waals surface area contributed by atoms with E-state index in [-0.39, 0.29) is 13.0 Å². The van der Waals surface area contributed by atoms with Gasteiger partial charge in [0, 0.05) is 23.0 Å². The van der Waals surface area contributed by atoms with Crippen LogP contribution in [0.15, 0.2) is 24.3 Å². The summed E-state index contributed by atoms with van der Waals surface area (Å²) in [5.41, 5.74) is 2.30. The minimum Gasteiger partial charge on any atom is -0.480 e. The van der Waals surface area contributed by atoms with E-state index in [1.54, 1.807) is 0 Å². The van der Waals surface area contributed by atoms with Crippen LogP contribution in [0.2, 0.25) is 0 Å². The molecular weight excluding hydrogens is 353 g/mol. The molecule has 9 heteroatoms. The number of nitrogens with zero attached hydrogens (tertiary/aromatic N) is 1. The summed E-state index contributed by atoms with van der Waals surface area (Å²) in [5.74, 6) is -2.00. The van der Waals surface area contributed by atoms with E-state index in [0.29, 0.717) is 5.69 Å². The van der Waals surface area contributed by atoms with Crippen LogP contribution in [0.3, 0.4) is 0 Å². The molecule has 1 aliphatic rings. The number of fused-ring (bicyclic) bond motifs is 3. The monoisotopic (exact) mass is 370 g/mol. The van der Waals surface area contributed by atoms with Gasteiger partial charge in [0.25, 0.3) is 5.91 Å². The van der Waals surface area contributed by atoms with Crippen molar-refractivity contribution in [3.05, 3.63) is 35.5 Å². The lowest BCUT2D eigenvalue weighted by Crippen LogP contribution is -2.52. The molecule has 0 saturated carbocycles. The maximum absolute atomic E-state index is 12.5. The first-order chi connectivity index (χ1) is 12.2. The Morgan fingerprint density at radius 3 is 2.73 bits per heavy atom. The van der Waals surface area contributed by atoms with Gasteiger partial charge in [-0.2, -0.15) is 13.2 Å². The quantitative estimate of drug-likeness (QED) is 0.866. The van der Waals surface area contributed by atoms with Crippen molar-refractivity contribution in [2.24, 2.45) is 0 Å². The van der Waals surface area contributed by atoms with E-state index in [4.69, 9.17) is 0 Å². The van der Waals surface area contributed by atoms with Crippen molar-refractivity contribution >= 4 is 22.8 Å². The molecule has 0 fully saturated rings. The minimum absolute atomic E-state index is 0.0282. The maximum Gasteiger partial charge on any atom is 0.411 e. The van der Waals surface area contributed by atoms with E-state index in [1.165, 1.54) is 6.92 Å². The third-order valence-electron chi connectivity index (χ3n) is 4.42. The summed E-state index contributed by atoms with van der Waals surface area (Å²) < 4.78 is 41.5. The molecule has 2 aromatic rings. The highest BCUT2D eigenvalue weighted by atomic mass is 19.4. The molecular formula is C17H17F3N2O4. The number of carbonyl (C=O) groups is 2. The van der Waals surface area contributed by atoms with Crippen LogP contribution in [-0.2, 0) is 27.3 Å². The highest BCUT2D eigenvalue weighted by Gasteiger charge is 2.39. The van der Waals surface area contributed by atoms with Crippen LogP contribution in [0, 0.1) is 0 Å². The molecule has 0 aliphatic carbocycles. The van der Waals surface area contributed by atoms with Crippen LogP contribution in [0.5, 0.6) is 0 Å². The smallest absolute Gasteiger partial charge is 0.411 e. The highest BCUT2D eigenvalue weighted by molar-refractivity contribution is 5.90. The maximum atomic E-state index is 12.5. The Labute approximate surface area is 146 Å². The first-order valence-corrected chi connectivity index (χ1v) is 7.97. The van der Waals surface area contributed by atoms with Crippen molar-refractivity contribution in [3.8, 4) is 0 Å². The number of amides is 1. The normalized spacial score (nSPS) is 18.6. The Morgan fingerprint density at radius 2 is 2.08 bits per heavy atom. The molecule has 0 radical (unpaired) electrons. The Morgan fingerprint density at radius 1 is 1.38 bits per heavy atom. The van der Waals surface area contributed by atoms with Gasteiger partial charge < -0.3 is 19.7 Å². The molecule has 0 bridgehead atoms. The number of alkyl halides is 3. The lowest BCUT2D eigenvalue weighted by Gasteiger charge is -2.34. The summed E-state index contributed by atoms with van der Waals surface area (Å²) in [6.07, 6.45) is -5.89. The van der Waals surface area contributed by atoms with Crippen LogP contribution >= 0.6 is 0 Å². The van der Waals surface area contributed by atoms with Gasteiger partial charge in [-0.05, 0) is 18.6 Å². The molecule has 1 aliphatic heterocycles. The second kappa shape index (κ2) is 6.64. The number of hydrogen-bond acceptors (Lipinski definition) is 3. The van der Waals surface area contributed by atoms with E-state index < -0.39 is 36.8 Å². The van der Waals surface area contributed by atoms with Gasteiger partial charge in [-0.1, -0.05) is 18.2 Å². The molecule has 140 valence electrons. The number of carboxylic acids is 1. The number of para-hydroxylation sites is 1. The zero-order valence-corrected chi connectivity index (χ0v) is 13.8. The van der Waals surface area contributed by atoms with Crippen molar-refractivity contribution in [1.29, 1.82) is 0 Å². The molecule has 26 heavy (non-hydrogen) atoms. The summed E-state index contributed by atoms with van der Waals surface area (Å²) in [6, 6.07) is 6.19. The average Bonchev–Trinajstić information content (AvgIpc) is 2.94. The van der Waals surface area contributed by atoms with Crippen LogP contribution in [0.4, 0.5) is 13.2 Å². The largest absolute Gasteiger partial charge is 0.480 e. The van der Waals surface area contributed by atoms with Crippen molar-refractivity contribution in [1.82, 2.24) is 9.88 Å². The molecule has 2 heterocycles. The zero-order chi connectivity index (χ0) is 19.1. The lowest BCUT2D eigenvalue weighted by atomic mass is 9.96. The van der Waals surface area contributed by atoms with E-state index in [0.717, 1.165) is 21.4 Å². The first kappa shape index (κ1) is 18.2. The topological polar surface area (TPSA) is 82.6 Å². The SMILES string of the molecule is CC(OCC(F)(F)F)C(=O)N1Cc2[nH]c3ccccc3c2CC1C(=O)O. The molecule has 2 atom stereocenters. The number of H-pyrrole nitrogens is 1. The summed E-state index contributed by atoms with van der Waals surface area (Å²) in [5, 5.41) is 10.4. The summed E-state index contributed by atoms with van der Waals surface area (Å²) >= 11 is 0. The van der Waals surface area contributed by atoms with E-state index >= 15 is 0 Å². The number of aromatic nitrogens is 1. The summed E-state index contributed by atoms with van der Waals surface area (Å²) in [4.78, 5) is 28.4. The molecule has 2 unspecified atom stereocenters. The Bertz CT molecular complexity index is 846. The van der Waals surface area contributed by atoms with Crippen LogP contribution in [0.25, 0.3) is 10.9 Å². The summed E-state index contributed by atoms with van der Waals surface area (Å²) in [7, 11) is 0. The zero-order valence-electron chi connectivity index (χ0n) is 13.8. The average molecular weight is 370 g/mol. The number of aromatic amines is 1. The lowest BCUT2D eigenvalue weighted by molar-refractivity contribution is -0.190. The van der Waals surface area contributed by atoms with Gasteiger partial charge in [-0.3, -0.25) is 4.79 Å². The van der Waals surface area contributed by atoms with Crippen LogP contribution in [0.1, 0.15) is 18.2 Å². The van der Waals surface area contributed by atoms with Gasteiger partial charge in [-0.15, -0.1) is 0 Å². The van der Waals surface area contributed by atoms with Gasteiger partial charge in [-0.25, -0.2) is 4.79 Å². The minimum atomic E-state index is -4.56. The number of aliphatic carboxylic acids is 1. The molecule has 1 aromatic carbocycles. The fourth-order valence-electron chi connectivity index (χ4n) is 3.18. The number of benzene rings is 1. The second-order valence-corrected chi connectivity index (χ2v) is 6.22. The number of halogens is 3. The molecule has 6 nitrogen and oxygen atoms in total. The molecule has 1 aromatic heterocycles. The third-order valence-corrected chi connectivity index (χ3v) is 4.42. The number of ether oxygens (including phenoxy) is 1. The van der Waals surface area contributed by atoms with Gasteiger partial charge >= 0.3 is 12.1 Å². The van der Waals surface area contributed by atoms with E-state index in [9.17, 15) is 27.9 Å². The molecule has 2 N–H and O–H groups in total. The first-order valence-electron chi connectivity index (χ1n) is 7.97. The van der Waals surface area contributed by atoms with Crippen LogP contribution in [-0.4, -0.2) is 51.8 Å². The van der Waals surface area contributed by atoms with Crippen molar-refractivity contribution in [2.75, 3.05) is 6.61 Å². The predicted octanol–water partition coefficient (Wildman–Crippen LogP) is 2.47. The predicted molar refractivity (Wildman–Crippen MR) is 85.4 cm³/mol. The van der Waals surface area contributed by atoms with Crippen molar-refractivity contribution < 1.29 is 32.6 Å². The van der Waals surface area contributed by atoms with E-state index in [2.05, 4.69) is 9.72 Å². The number of hydrogen-bond donors (Lipinski definition) is 2. The number of nitrogens with one attached hydrogen (secondary N) is 1. The molecule has 0 spiro atoms. The second-order valence-electron chi connectivity index (χ2n) is 6.22. The Hall–Kier alpha value is -2.55. The van der Waals surface area contributed by atoms with Gasteiger partial charge in [0.1, 0.15) is 18.8 Å². The van der Waals surface area contributed by atoms with E-state index in [1.807, 2.05) is 24.3 Å². The number of carbonyl (C=O) groups excluding carboxylic acids is 1. The molecule has 1 amide bonds. The van der Waals surface area contributed by atoms with Crippen molar-refractivity contribution in [3.63, 3.8) is 0 Å². The summed E-state index contributed by atoms with van der Waals surface area (Å²) in [6.45, 7) is -0.406. The number of rotatable bonds is 4. The third kappa shape index (κ3) is 3.52. The highest BCUT2D eigenvalue weighted by Crippen LogP contribution is 2.31. The molecule has 3 rings (SSSR count). The molecule has 0 saturated heterocycles.